The Labute approximate surface area is 196 Å². The predicted octanol–water partition coefficient (Wildman–Crippen LogP) is 4.66. The lowest BCUT2D eigenvalue weighted by Gasteiger charge is -2.23. The van der Waals surface area contributed by atoms with Gasteiger partial charge < -0.3 is 24.4 Å². The van der Waals surface area contributed by atoms with Crippen LogP contribution >= 0.6 is 11.8 Å². The Morgan fingerprint density at radius 1 is 1.06 bits per heavy atom. The minimum Gasteiger partial charge on any atom is -0.493 e. The van der Waals surface area contributed by atoms with Gasteiger partial charge in [0, 0.05) is 18.8 Å². The molecular formula is C24H38N2O5S. The quantitative estimate of drug-likeness (QED) is 0.426. The Morgan fingerprint density at radius 3 is 2.41 bits per heavy atom. The van der Waals surface area contributed by atoms with Gasteiger partial charge in [-0.3, -0.25) is 4.79 Å². The number of amides is 2. The van der Waals surface area contributed by atoms with Crippen molar-refractivity contribution < 1.29 is 23.8 Å². The van der Waals surface area contributed by atoms with Crippen LogP contribution in [0.5, 0.6) is 17.2 Å². The van der Waals surface area contributed by atoms with E-state index in [-0.39, 0.29) is 17.2 Å². The Morgan fingerprint density at radius 2 is 1.78 bits per heavy atom. The second-order valence-electron chi connectivity index (χ2n) is 7.95. The fourth-order valence-electron chi connectivity index (χ4n) is 3.93. The average molecular weight is 467 g/mol. The zero-order valence-corrected chi connectivity index (χ0v) is 20.7. The molecule has 0 aliphatic carbocycles. The Hall–Kier alpha value is -2.09. The first-order chi connectivity index (χ1) is 15.5. The Balaban J connectivity index is 1.79. The van der Waals surface area contributed by atoms with E-state index in [0.29, 0.717) is 36.1 Å². The van der Waals surface area contributed by atoms with Gasteiger partial charge in [-0.2, -0.15) is 0 Å². The van der Waals surface area contributed by atoms with E-state index in [9.17, 15) is 9.59 Å². The van der Waals surface area contributed by atoms with E-state index >= 15 is 0 Å². The molecule has 1 saturated heterocycles. The number of carbonyl (C=O) groups excluding carboxylic acids is 2. The number of benzene rings is 1. The summed E-state index contributed by atoms with van der Waals surface area (Å²) in [5.74, 6) is 2.55. The third kappa shape index (κ3) is 7.50. The number of hydrogen-bond acceptors (Lipinski definition) is 6. The lowest BCUT2D eigenvalue weighted by Crippen LogP contribution is -2.45. The lowest BCUT2D eigenvalue weighted by atomic mass is 10.1. The van der Waals surface area contributed by atoms with E-state index < -0.39 is 0 Å². The van der Waals surface area contributed by atoms with E-state index in [1.54, 1.807) is 26.2 Å². The molecule has 2 rings (SSSR count). The minimum atomic E-state index is -0.309. The van der Waals surface area contributed by atoms with Crippen molar-refractivity contribution in [1.29, 1.82) is 0 Å². The number of carbonyl (C=O) groups is 2. The van der Waals surface area contributed by atoms with Crippen molar-refractivity contribution in [3.05, 3.63) is 17.7 Å². The molecule has 1 aliphatic rings. The maximum atomic E-state index is 12.8. The van der Waals surface area contributed by atoms with Crippen LogP contribution in [-0.4, -0.2) is 62.3 Å². The van der Waals surface area contributed by atoms with Crippen LogP contribution in [-0.2, 0) is 11.2 Å². The van der Waals surface area contributed by atoms with Crippen molar-refractivity contribution in [2.24, 2.45) is 0 Å². The number of aryl methyl sites for hydroxylation is 1. The lowest BCUT2D eigenvalue weighted by molar-refractivity contribution is -0.114. The first-order valence-corrected chi connectivity index (χ1v) is 12.5. The molecule has 0 spiro atoms. The fraction of sp³-hybridized carbons (Fsp3) is 0.667. The first kappa shape index (κ1) is 26.2. The number of unbranched alkanes of at least 4 members (excludes halogenated alkanes) is 3. The number of nitrogens with one attached hydrogen (secondary N) is 1. The van der Waals surface area contributed by atoms with Gasteiger partial charge in [0.2, 0.25) is 10.9 Å². The van der Waals surface area contributed by atoms with E-state index in [4.69, 9.17) is 14.2 Å². The smallest absolute Gasteiger partial charge is 0.318 e. The highest BCUT2D eigenvalue weighted by molar-refractivity contribution is 8.13. The van der Waals surface area contributed by atoms with Crippen LogP contribution in [0.2, 0.25) is 0 Å². The van der Waals surface area contributed by atoms with Gasteiger partial charge in [0.1, 0.15) is 6.04 Å². The van der Waals surface area contributed by atoms with Crippen LogP contribution in [0.3, 0.4) is 0 Å². The molecule has 8 heteroatoms. The fourth-order valence-corrected chi connectivity index (χ4v) is 4.86. The van der Waals surface area contributed by atoms with Gasteiger partial charge in [-0.1, -0.05) is 37.9 Å². The molecule has 0 unspecified atom stereocenters. The Bertz CT molecular complexity index is 718. The number of hydrogen-bond donors (Lipinski definition) is 1. The summed E-state index contributed by atoms with van der Waals surface area (Å²) in [4.78, 5) is 27.0. The van der Waals surface area contributed by atoms with Crippen LogP contribution in [0, 0.1) is 0 Å². The zero-order chi connectivity index (χ0) is 23.3. The number of methoxy groups -OCH3 is 3. The van der Waals surface area contributed by atoms with Crippen LogP contribution in [0.25, 0.3) is 0 Å². The molecule has 7 nitrogen and oxygen atoms in total. The average Bonchev–Trinajstić information content (AvgIpc) is 3.31. The molecule has 1 aliphatic heterocycles. The van der Waals surface area contributed by atoms with E-state index in [2.05, 4.69) is 12.2 Å². The van der Waals surface area contributed by atoms with Crippen molar-refractivity contribution in [3.8, 4) is 17.2 Å². The molecule has 2 amide bonds. The number of ether oxygens (including phenoxy) is 3. The topological polar surface area (TPSA) is 77.1 Å². The highest BCUT2D eigenvalue weighted by Crippen LogP contribution is 2.38. The number of rotatable bonds is 13. The molecule has 1 aromatic carbocycles. The molecule has 0 aromatic heterocycles. The summed E-state index contributed by atoms with van der Waals surface area (Å²) in [6.07, 6.45) is 7.74. The molecule has 1 heterocycles. The summed E-state index contributed by atoms with van der Waals surface area (Å²) >= 11 is 1.33. The number of urea groups is 1. The first-order valence-electron chi connectivity index (χ1n) is 11.6. The van der Waals surface area contributed by atoms with Crippen molar-refractivity contribution in [3.63, 3.8) is 0 Å². The van der Waals surface area contributed by atoms with Gasteiger partial charge >= 0.3 is 6.03 Å². The molecule has 0 radical (unpaired) electrons. The van der Waals surface area contributed by atoms with Gasteiger partial charge in [0.05, 0.1) is 21.3 Å². The van der Waals surface area contributed by atoms with Crippen molar-refractivity contribution >= 4 is 22.9 Å². The summed E-state index contributed by atoms with van der Waals surface area (Å²) in [5, 5.41) is 3.07. The number of likely N-dealkylation sites (tertiary alicyclic amines) is 1. The normalized spacial score (nSPS) is 15.5. The summed E-state index contributed by atoms with van der Waals surface area (Å²) in [6.45, 7) is 3.50. The molecule has 0 saturated carbocycles. The van der Waals surface area contributed by atoms with Crippen LogP contribution in [0.4, 0.5) is 4.79 Å². The number of thioether (sulfide) groups is 1. The molecule has 1 N–H and O–H groups in total. The van der Waals surface area contributed by atoms with Gasteiger partial charge in [0.25, 0.3) is 0 Å². The summed E-state index contributed by atoms with van der Waals surface area (Å²) < 4.78 is 16.2. The minimum absolute atomic E-state index is 0.0912. The van der Waals surface area contributed by atoms with Crippen molar-refractivity contribution in [2.45, 2.75) is 64.3 Å². The second-order valence-corrected chi connectivity index (χ2v) is 9.05. The van der Waals surface area contributed by atoms with E-state index in [0.717, 1.165) is 44.1 Å². The van der Waals surface area contributed by atoms with Gasteiger partial charge in [-0.25, -0.2) is 4.79 Å². The second kappa shape index (κ2) is 14.1. The van der Waals surface area contributed by atoms with Gasteiger partial charge in [-0.05, 0) is 49.8 Å². The third-order valence-electron chi connectivity index (χ3n) is 5.67. The summed E-state index contributed by atoms with van der Waals surface area (Å²) in [5.41, 5.74) is 1.07. The van der Waals surface area contributed by atoms with Crippen LogP contribution < -0.4 is 19.5 Å². The summed E-state index contributed by atoms with van der Waals surface area (Å²) in [6, 6.07) is 3.47. The maximum Gasteiger partial charge on any atom is 0.318 e. The van der Waals surface area contributed by atoms with Crippen molar-refractivity contribution in [2.75, 3.05) is 40.2 Å². The monoisotopic (exact) mass is 466 g/mol. The predicted molar refractivity (Wildman–Crippen MR) is 129 cm³/mol. The van der Waals surface area contributed by atoms with Crippen molar-refractivity contribution in [1.82, 2.24) is 10.2 Å². The Kier molecular flexibility index (Phi) is 11.6. The highest BCUT2D eigenvalue weighted by Gasteiger charge is 2.33. The standard InChI is InChI=1S/C24H38N2O5S/c1-5-6-7-8-13-25-24(28)26-14-9-12-19(26)23(27)32-15-10-11-18-16-20(29-2)22(31-4)21(17-18)30-3/h16-17,19H,5-15H2,1-4H3,(H,25,28)/t19-/m0/s1. The zero-order valence-electron chi connectivity index (χ0n) is 19.9. The molecule has 0 bridgehead atoms. The SMILES string of the molecule is CCCCCCNC(=O)N1CCC[C@H]1C(=O)SCCCc1cc(OC)c(OC)c(OC)c1. The molecule has 180 valence electrons. The third-order valence-corrected chi connectivity index (χ3v) is 6.72. The molecule has 1 aromatic rings. The molecular weight excluding hydrogens is 428 g/mol. The van der Waals surface area contributed by atoms with Gasteiger partial charge in [-0.15, -0.1) is 0 Å². The maximum absolute atomic E-state index is 12.8. The van der Waals surface area contributed by atoms with E-state index in [1.807, 2.05) is 12.1 Å². The largest absolute Gasteiger partial charge is 0.493 e. The number of nitrogens with zero attached hydrogens (tertiary/aromatic N) is 1. The molecule has 1 fully saturated rings. The van der Waals surface area contributed by atoms with Crippen LogP contribution in [0.1, 0.15) is 57.4 Å². The van der Waals surface area contributed by atoms with Crippen LogP contribution in [0.15, 0.2) is 12.1 Å². The highest BCUT2D eigenvalue weighted by atomic mass is 32.2. The molecule has 1 atom stereocenters. The summed E-state index contributed by atoms with van der Waals surface area (Å²) in [7, 11) is 4.79. The molecule has 32 heavy (non-hydrogen) atoms. The van der Waals surface area contributed by atoms with Gasteiger partial charge in [0.15, 0.2) is 11.5 Å². The van der Waals surface area contributed by atoms with E-state index in [1.165, 1.54) is 24.6 Å².